The van der Waals surface area contributed by atoms with Crippen molar-refractivity contribution in [2.45, 2.75) is 6.92 Å². The van der Waals surface area contributed by atoms with Crippen LogP contribution in [0.25, 0.3) is 44.0 Å². The highest BCUT2D eigenvalue weighted by atomic mass is 32.1. The number of benzene rings is 1. The number of ether oxygens (including phenoxy) is 1. The summed E-state index contributed by atoms with van der Waals surface area (Å²) in [4.78, 5) is 31.1. The van der Waals surface area contributed by atoms with Crippen LogP contribution in [0.1, 0.15) is 15.4 Å². The van der Waals surface area contributed by atoms with Crippen LogP contribution in [0.2, 0.25) is 0 Å². The molecule has 0 unspecified atom stereocenters. The van der Waals surface area contributed by atoms with Crippen molar-refractivity contribution >= 4 is 28.2 Å². The van der Waals surface area contributed by atoms with E-state index in [-0.39, 0.29) is 5.97 Å². The Balaban J connectivity index is 1.29. The zero-order chi connectivity index (χ0) is 23.8. The Morgan fingerprint density at radius 3 is 2.80 bits per heavy atom. The number of esters is 1. The number of hydrogen-bond acceptors (Lipinski definition) is 7. The van der Waals surface area contributed by atoms with Gasteiger partial charge in [0, 0.05) is 52.3 Å². The van der Waals surface area contributed by atoms with E-state index in [2.05, 4.69) is 37.4 Å². The predicted octanol–water partition coefficient (Wildman–Crippen LogP) is 5.10. The van der Waals surface area contributed by atoms with Crippen LogP contribution in [-0.4, -0.2) is 45.6 Å². The van der Waals surface area contributed by atoms with Gasteiger partial charge in [-0.15, -0.1) is 11.3 Å². The predicted molar refractivity (Wildman–Crippen MR) is 137 cm³/mol. The van der Waals surface area contributed by atoms with E-state index in [1.807, 2.05) is 55.6 Å². The summed E-state index contributed by atoms with van der Waals surface area (Å²) in [6, 6.07) is 18.0. The van der Waals surface area contributed by atoms with Gasteiger partial charge < -0.3 is 15.0 Å². The second kappa shape index (κ2) is 9.05. The molecule has 8 heteroatoms. The van der Waals surface area contributed by atoms with Crippen molar-refractivity contribution in [2.24, 2.45) is 5.92 Å². The molecule has 0 bridgehead atoms. The van der Waals surface area contributed by atoms with Crippen LogP contribution < -0.4 is 5.32 Å². The second-order valence-corrected chi connectivity index (χ2v) is 9.79. The van der Waals surface area contributed by atoms with E-state index in [4.69, 9.17) is 4.74 Å². The zero-order valence-corrected chi connectivity index (χ0v) is 19.9. The Labute approximate surface area is 206 Å². The van der Waals surface area contributed by atoms with Crippen LogP contribution in [0.4, 0.5) is 0 Å². The van der Waals surface area contributed by atoms with Crippen molar-refractivity contribution in [2.75, 3.05) is 19.7 Å². The highest BCUT2D eigenvalue weighted by Gasteiger charge is 2.20. The summed E-state index contributed by atoms with van der Waals surface area (Å²) in [5.41, 5.74) is 6.38. The van der Waals surface area contributed by atoms with E-state index in [0.29, 0.717) is 17.4 Å². The van der Waals surface area contributed by atoms with Gasteiger partial charge in [0.15, 0.2) is 0 Å². The first-order valence-corrected chi connectivity index (χ1v) is 12.3. The molecule has 1 fully saturated rings. The maximum Gasteiger partial charge on any atom is 0.348 e. The van der Waals surface area contributed by atoms with Gasteiger partial charge in [-0.2, -0.15) is 0 Å². The highest BCUT2D eigenvalue weighted by Crippen LogP contribution is 2.33. The molecule has 0 atom stereocenters. The molecular weight excluding hydrogens is 458 g/mol. The molecule has 1 aromatic carbocycles. The number of nitrogens with zero attached hydrogens (tertiary/aromatic N) is 3. The Bertz CT molecular complexity index is 1540. The van der Waals surface area contributed by atoms with Gasteiger partial charge in [-0.05, 0) is 49.4 Å². The SMILES string of the molecule is Cc1cccc(-c2[nH]cnc2-c2ccc3ncc(-c4ccc(C(=O)OCC5CNC5)s4)cc3c2)n1. The van der Waals surface area contributed by atoms with Gasteiger partial charge in [0.25, 0.3) is 0 Å². The number of aromatic amines is 1. The van der Waals surface area contributed by atoms with E-state index >= 15 is 0 Å². The third-order valence-corrected chi connectivity index (χ3v) is 7.26. The number of aryl methyl sites for hydroxylation is 1. The molecule has 5 heterocycles. The summed E-state index contributed by atoms with van der Waals surface area (Å²) in [6.07, 6.45) is 3.54. The maximum atomic E-state index is 12.4. The number of rotatable bonds is 6. The number of nitrogens with one attached hydrogen (secondary N) is 2. The molecule has 0 amide bonds. The van der Waals surface area contributed by atoms with Crippen molar-refractivity contribution in [1.29, 1.82) is 0 Å². The van der Waals surface area contributed by atoms with Crippen LogP contribution >= 0.6 is 11.3 Å². The summed E-state index contributed by atoms with van der Waals surface area (Å²) in [6.45, 7) is 4.26. The van der Waals surface area contributed by atoms with Crippen molar-refractivity contribution in [3.63, 3.8) is 0 Å². The van der Waals surface area contributed by atoms with E-state index < -0.39 is 0 Å². The Morgan fingerprint density at radius 1 is 1.09 bits per heavy atom. The molecule has 35 heavy (non-hydrogen) atoms. The number of fused-ring (bicyclic) bond motifs is 1. The van der Waals surface area contributed by atoms with Crippen molar-refractivity contribution in [3.8, 4) is 33.1 Å². The average molecular weight is 482 g/mol. The van der Waals surface area contributed by atoms with Gasteiger partial charge in [-0.25, -0.2) is 9.78 Å². The number of imidazole rings is 1. The maximum absolute atomic E-state index is 12.4. The van der Waals surface area contributed by atoms with Gasteiger partial charge >= 0.3 is 5.97 Å². The fraction of sp³-hybridized carbons (Fsp3) is 0.185. The number of carbonyl (C=O) groups is 1. The smallest absolute Gasteiger partial charge is 0.348 e. The highest BCUT2D eigenvalue weighted by molar-refractivity contribution is 7.17. The first-order valence-electron chi connectivity index (χ1n) is 11.5. The molecule has 0 radical (unpaired) electrons. The van der Waals surface area contributed by atoms with Gasteiger partial charge in [0.1, 0.15) is 4.88 Å². The molecule has 0 spiro atoms. The number of thiophene rings is 1. The molecule has 5 aromatic rings. The van der Waals surface area contributed by atoms with Crippen LogP contribution in [0.15, 0.2) is 67.1 Å². The number of H-pyrrole nitrogens is 1. The molecule has 0 saturated carbocycles. The number of hydrogen-bond donors (Lipinski definition) is 2. The zero-order valence-electron chi connectivity index (χ0n) is 19.1. The Morgan fingerprint density at radius 2 is 1.97 bits per heavy atom. The van der Waals surface area contributed by atoms with Gasteiger partial charge in [0.05, 0.1) is 35.5 Å². The lowest BCUT2D eigenvalue weighted by Gasteiger charge is -2.26. The molecule has 174 valence electrons. The van der Waals surface area contributed by atoms with E-state index in [1.165, 1.54) is 11.3 Å². The summed E-state index contributed by atoms with van der Waals surface area (Å²) in [5.74, 6) is 0.161. The minimum absolute atomic E-state index is 0.264. The van der Waals surface area contributed by atoms with Crippen LogP contribution in [0.3, 0.4) is 0 Å². The van der Waals surface area contributed by atoms with Gasteiger partial charge in [-0.1, -0.05) is 12.1 Å². The quantitative estimate of drug-likeness (QED) is 0.328. The van der Waals surface area contributed by atoms with E-state index in [1.54, 1.807) is 6.33 Å². The lowest BCUT2D eigenvalue weighted by molar-refractivity contribution is 0.0403. The molecular formula is C27H23N5O2S. The van der Waals surface area contributed by atoms with Crippen LogP contribution in [-0.2, 0) is 4.74 Å². The Hall–Kier alpha value is -3.88. The van der Waals surface area contributed by atoms with Crippen molar-refractivity contribution in [3.05, 3.63) is 77.7 Å². The molecule has 2 N–H and O–H groups in total. The Kier molecular flexibility index (Phi) is 5.60. The number of aromatic nitrogens is 4. The first kappa shape index (κ1) is 21.6. The molecule has 0 aliphatic carbocycles. The molecule has 7 nitrogen and oxygen atoms in total. The van der Waals surface area contributed by atoms with E-state index in [9.17, 15) is 4.79 Å². The number of carbonyl (C=O) groups excluding carboxylic acids is 1. The standard InChI is InChI=1S/C27H23N5O2S/c1-16-3-2-4-22(32-16)26-25(30-15-31-26)18-5-6-21-19(9-18)10-20(13-29-21)23-7-8-24(35-23)27(33)34-14-17-11-28-12-17/h2-10,13,15,17,28H,11-12,14H2,1H3,(H,30,31). The second-order valence-electron chi connectivity index (χ2n) is 8.71. The van der Waals surface area contributed by atoms with Gasteiger partial charge in [0.2, 0.25) is 0 Å². The lowest BCUT2D eigenvalue weighted by Crippen LogP contribution is -2.44. The monoisotopic (exact) mass is 481 g/mol. The average Bonchev–Trinajstić information content (AvgIpc) is 3.53. The fourth-order valence-electron chi connectivity index (χ4n) is 4.14. The number of pyridine rings is 2. The lowest BCUT2D eigenvalue weighted by atomic mass is 10.0. The minimum Gasteiger partial charge on any atom is -0.461 e. The van der Waals surface area contributed by atoms with Crippen LogP contribution in [0.5, 0.6) is 0 Å². The van der Waals surface area contributed by atoms with E-state index in [0.717, 1.165) is 62.8 Å². The third kappa shape index (κ3) is 4.34. The fourth-order valence-corrected chi connectivity index (χ4v) is 5.02. The summed E-state index contributed by atoms with van der Waals surface area (Å²) < 4.78 is 5.46. The summed E-state index contributed by atoms with van der Waals surface area (Å²) in [7, 11) is 0. The van der Waals surface area contributed by atoms with Crippen molar-refractivity contribution < 1.29 is 9.53 Å². The van der Waals surface area contributed by atoms with Crippen molar-refractivity contribution in [1.82, 2.24) is 25.3 Å². The summed E-state index contributed by atoms with van der Waals surface area (Å²) in [5, 5.41) is 4.19. The molecule has 1 aliphatic heterocycles. The molecule has 1 aliphatic rings. The third-order valence-electron chi connectivity index (χ3n) is 6.15. The first-order chi connectivity index (χ1) is 17.1. The largest absolute Gasteiger partial charge is 0.461 e. The van der Waals surface area contributed by atoms with Gasteiger partial charge in [-0.3, -0.25) is 9.97 Å². The van der Waals surface area contributed by atoms with Crippen LogP contribution in [0, 0.1) is 12.8 Å². The molecule has 6 rings (SSSR count). The molecule has 4 aromatic heterocycles. The minimum atomic E-state index is -0.264. The molecule has 1 saturated heterocycles. The summed E-state index contributed by atoms with van der Waals surface area (Å²) >= 11 is 1.43. The topological polar surface area (TPSA) is 92.8 Å². The normalized spacial score (nSPS) is 13.6.